The van der Waals surface area contributed by atoms with E-state index in [1.54, 1.807) is 6.07 Å². The molecule has 0 radical (unpaired) electrons. The SMILES string of the molecule is Cc1cccc(CNC(=O)C2CCN(S(=O)(=O)c3ccc(C)cc3C)CC2)c1. The number of hydrogen-bond donors (Lipinski definition) is 1. The zero-order chi connectivity index (χ0) is 20.3. The van der Waals surface area contributed by atoms with Gasteiger partial charge in [-0.2, -0.15) is 4.31 Å². The number of rotatable bonds is 5. The van der Waals surface area contributed by atoms with Gasteiger partial charge in [0.25, 0.3) is 0 Å². The predicted octanol–water partition coefficient (Wildman–Crippen LogP) is 3.33. The molecule has 1 amide bonds. The number of aryl methyl sites for hydroxylation is 3. The van der Waals surface area contributed by atoms with Gasteiger partial charge in [0, 0.05) is 25.6 Å². The summed E-state index contributed by atoms with van der Waals surface area (Å²) in [4.78, 5) is 12.9. The normalized spacial score (nSPS) is 16.1. The molecule has 5 nitrogen and oxygen atoms in total. The van der Waals surface area contributed by atoms with E-state index in [-0.39, 0.29) is 11.8 Å². The van der Waals surface area contributed by atoms with Gasteiger partial charge in [-0.3, -0.25) is 4.79 Å². The van der Waals surface area contributed by atoms with E-state index in [1.807, 2.05) is 51.1 Å². The van der Waals surface area contributed by atoms with Gasteiger partial charge < -0.3 is 5.32 Å². The van der Waals surface area contributed by atoms with E-state index in [0.29, 0.717) is 37.4 Å². The van der Waals surface area contributed by atoms with Crippen LogP contribution >= 0.6 is 0 Å². The van der Waals surface area contributed by atoms with E-state index in [4.69, 9.17) is 0 Å². The molecule has 2 aromatic rings. The first-order valence-electron chi connectivity index (χ1n) is 9.68. The van der Waals surface area contributed by atoms with Gasteiger partial charge in [-0.05, 0) is 50.8 Å². The van der Waals surface area contributed by atoms with Crippen LogP contribution in [0.5, 0.6) is 0 Å². The van der Waals surface area contributed by atoms with Crippen LogP contribution in [0.2, 0.25) is 0 Å². The molecule has 0 aromatic heterocycles. The first kappa shape index (κ1) is 20.6. The van der Waals surface area contributed by atoms with Gasteiger partial charge in [0.1, 0.15) is 0 Å². The Labute approximate surface area is 167 Å². The van der Waals surface area contributed by atoms with Crippen LogP contribution in [-0.4, -0.2) is 31.7 Å². The second kappa shape index (κ2) is 8.45. The number of sulfonamides is 1. The Hall–Kier alpha value is -2.18. The molecular formula is C22H28N2O3S. The van der Waals surface area contributed by atoms with Gasteiger partial charge in [-0.15, -0.1) is 0 Å². The number of carbonyl (C=O) groups excluding carboxylic acids is 1. The molecule has 0 bridgehead atoms. The summed E-state index contributed by atoms with van der Waals surface area (Å²) < 4.78 is 27.4. The van der Waals surface area contributed by atoms with E-state index < -0.39 is 10.0 Å². The number of piperidine rings is 1. The molecule has 0 unspecified atom stereocenters. The van der Waals surface area contributed by atoms with Crippen molar-refractivity contribution in [2.45, 2.75) is 45.1 Å². The van der Waals surface area contributed by atoms with Crippen LogP contribution in [0.3, 0.4) is 0 Å². The monoisotopic (exact) mass is 400 g/mol. The van der Waals surface area contributed by atoms with Gasteiger partial charge in [0.2, 0.25) is 15.9 Å². The third-order valence-electron chi connectivity index (χ3n) is 5.32. The van der Waals surface area contributed by atoms with Crippen LogP contribution in [0.15, 0.2) is 47.4 Å². The average Bonchev–Trinajstić information content (AvgIpc) is 2.66. The molecule has 0 saturated carbocycles. The molecule has 1 saturated heterocycles. The zero-order valence-corrected chi connectivity index (χ0v) is 17.6. The van der Waals surface area contributed by atoms with Crippen LogP contribution in [0.4, 0.5) is 0 Å². The number of nitrogens with one attached hydrogen (secondary N) is 1. The maximum atomic E-state index is 13.0. The Morgan fingerprint density at radius 2 is 1.71 bits per heavy atom. The fourth-order valence-corrected chi connectivity index (χ4v) is 5.42. The summed E-state index contributed by atoms with van der Waals surface area (Å²) in [6, 6.07) is 13.4. The van der Waals surface area contributed by atoms with Crippen LogP contribution in [0.25, 0.3) is 0 Å². The third-order valence-corrected chi connectivity index (χ3v) is 7.38. The van der Waals surface area contributed by atoms with Gasteiger partial charge in [0.05, 0.1) is 4.90 Å². The van der Waals surface area contributed by atoms with Crippen LogP contribution in [0, 0.1) is 26.7 Å². The molecule has 1 fully saturated rings. The second-order valence-electron chi connectivity index (χ2n) is 7.65. The molecular weight excluding hydrogens is 372 g/mol. The number of carbonyl (C=O) groups is 1. The van der Waals surface area contributed by atoms with E-state index in [9.17, 15) is 13.2 Å². The average molecular weight is 401 g/mol. The highest BCUT2D eigenvalue weighted by Gasteiger charge is 2.32. The summed E-state index contributed by atoms with van der Waals surface area (Å²) in [6.45, 7) is 7.05. The van der Waals surface area contributed by atoms with Crippen molar-refractivity contribution in [3.05, 3.63) is 64.7 Å². The summed E-state index contributed by atoms with van der Waals surface area (Å²) >= 11 is 0. The smallest absolute Gasteiger partial charge is 0.243 e. The molecule has 150 valence electrons. The van der Waals surface area contributed by atoms with E-state index >= 15 is 0 Å². The molecule has 0 atom stereocenters. The molecule has 1 heterocycles. The van der Waals surface area contributed by atoms with Crippen molar-refractivity contribution in [3.8, 4) is 0 Å². The van der Waals surface area contributed by atoms with Crippen molar-refractivity contribution in [2.75, 3.05) is 13.1 Å². The molecule has 0 spiro atoms. The lowest BCUT2D eigenvalue weighted by Gasteiger charge is -2.31. The lowest BCUT2D eigenvalue weighted by Crippen LogP contribution is -2.43. The Morgan fingerprint density at radius 3 is 2.36 bits per heavy atom. The molecule has 2 aromatic carbocycles. The molecule has 6 heteroatoms. The van der Waals surface area contributed by atoms with Crippen molar-refractivity contribution >= 4 is 15.9 Å². The van der Waals surface area contributed by atoms with Crippen LogP contribution in [0.1, 0.15) is 35.1 Å². The maximum Gasteiger partial charge on any atom is 0.243 e. The largest absolute Gasteiger partial charge is 0.352 e. The molecule has 0 aliphatic carbocycles. The van der Waals surface area contributed by atoms with Crippen molar-refractivity contribution in [1.82, 2.24) is 9.62 Å². The summed E-state index contributed by atoms with van der Waals surface area (Å²) in [5.74, 6) is -0.138. The van der Waals surface area contributed by atoms with E-state index in [0.717, 1.165) is 22.3 Å². The summed E-state index contributed by atoms with van der Waals surface area (Å²) in [7, 11) is -3.52. The van der Waals surface area contributed by atoms with Crippen molar-refractivity contribution < 1.29 is 13.2 Å². The molecule has 28 heavy (non-hydrogen) atoms. The van der Waals surface area contributed by atoms with E-state index in [2.05, 4.69) is 11.4 Å². The first-order chi connectivity index (χ1) is 13.3. The van der Waals surface area contributed by atoms with Crippen molar-refractivity contribution in [3.63, 3.8) is 0 Å². The highest BCUT2D eigenvalue weighted by atomic mass is 32.2. The van der Waals surface area contributed by atoms with Crippen LogP contribution < -0.4 is 5.32 Å². The Bertz CT molecular complexity index is 961. The predicted molar refractivity (Wildman–Crippen MR) is 110 cm³/mol. The summed E-state index contributed by atoms with van der Waals surface area (Å²) in [6.07, 6.45) is 1.09. The Kier molecular flexibility index (Phi) is 6.20. The molecule has 1 aliphatic heterocycles. The lowest BCUT2D eigenvalue weighted by molar-refractivity contribution is -0.126. The fourth-order valence-electron chi connectivity index (χ4n) is 3.74. The fraction of sp³-hybridized carbons (Fsp3) is 0.409. The number of hydrogen-bond acceptors (Lipinski definition) is 3. The van der Waals surface area contributed by atoms with Gasteiger partial charge in [-0.1, -0.05) is 47.5 Å². The summed E-state index contributed by atoms with van der Waals surface area (Å²) in [5, 5.41) is 2.99. The molecule has 3 rings (SSSR count). The molecule has 1 N–H and O–H groups in total. The highest BCUT2D eigenvalue weighted by molar-refractivity contribution is 7.89. The number of amides is 1. The van der Waals surface area contributed by atoms with Gasteiger partial charge >= 0.3 is 0 Å². The van der Waals surface area contributed by atoms with Crippen molar-refractivity contribution in [1.29, 1.82) is 0 Å². The minimum Gasteiger partial charge on any atom is -0.352 e. The van der Waals surface area contributed by atoms with Gasteiger partial charge in [-0.25, -0.2) is 8.42 Å². The minimum atomic E-state index is -3.52. The standard InChI is InChI=1S/C22H28N2O3S/c1-16-5-4-6-19(14-16)15-23-22(25)20-9-11-24(12-10-20)28(26,27)21-8-7-17(2)13-18(21)3/h4-8,13-14,20H,9-12,15H2,1-3H3,(H,23,25). The maximum absolute atomic E-state index is 13.0. The molecule has 1 aliphatic rings. The second-order valence-corrected chi connectivity index (χ2v) is 9.56. The third kappa shape index (κ3) is 4.62. The quantitative estimate of drug-likeness (QED) is 0.837. The summed E-state index contributed by atoms with van der Waals surface area (Å²) in [5.41, 5.74) is 4.04. The lowest BCUT2D eigenvalue weighted by atomic mass is 9.97. The number of benzene rings is 2. The Morgan fingerprint density at radius 1 is 1.04 bits per heavy atom. The minimum absolute atomic E-state index is 0.00469. The topological polar surface area (TPSA) is 66.5 Å². The van der Waals surface area contributed by atoms with Gasteiger partial charge in [0.15, 0.2) is 0 Å². The number of nitrogens with zero attached hydrogens (tertiary/aromatic N) is 1. The highest BCUT2D eigenvalue weighted by Crippen LogP contribution is 2.26. The van der Waals surface area contributed by atoms with Crippen LogP contribution in [-0.2, 0) is 21.4 Å². The zero-order valence-electron chi connectivity index (χ0n) is 16.7. The van der Waals surface area contributed by atoms with Crippen molar-refractivity contribution in [2.24, 2.45) is 5.92 Å². The first-order valence-corrected chi connectivity index (χ1v) is 11.1. The van der Waals surface area contributed by atoms with E-state index in [1.165, 1.54) is 4.31 Å². The Balaban J connectivity index is 1.58.